The summed E-state index contributed by atoms with van der Waals surface area (Å²) in [6.45, 7) is 4.19. The van der Waals surface area contributed by atoms with Crippen LogP contribution in [0, 0.1) is 5.41 Å². The quantitative estimate of drug-likeness (QED) is 0.730. The van der Waals surface area contributed by atoms with Gasteiger partial charge in [-0.3, -0.25) is 4.79 Å². The van der Waals surface area contributed by atoms with Crippen LogP contribution in [-0.4, -0.2) is 28.9 Å². The Balaban J connectivity index is 2.92. The maximum Gasteiger partial charge on any atom is 0.235 e. The SMILES string of the molecule is CCCC(CCC)(C(=O)N(C)C1CCCCC1)C(N)=S. The molecular weight excluding hydrogens is 268 g/mol. The van der Waals surface area contributed by atoms with Gasteiger partial charge in [0, 0.05) is 13.1 Å². The number of nitrogens with two attached hydrogens (primary N) is 1. The second-order valence-corrected chi connectivity index (χ2v) is 6.59. The van der Waals surface area contributed by atoms with Gasteiger partial charge in [-0.15, -0.1) is 0 Å². The van der Waals surface area contributed by atoms with Crippen LogP contribution in [0.15, 0.2) is 0 Å². The number of rotatable bonds is 7. The fourth-order valence-corrected chi connectivity index (χ4v) is 3.81. The molecule has 1 aliphatic rings. The summed E-state index contributed by atoms with van der Waals surface area (Å²) in [7, 11) is 1.94. The molecule has 0 unspecified atom stereocenters. The summed E-state index contributed by atoms with van der Waals surface area (Å²) in [4.78, 5) is 15.4. The second kappa shape index (κ2) is 7.96. The first kappa shape index (κ1) is 17.4. The van der Waals surface area contributed by atoms with Crippen molar-refractivity contribution in [2.45, 2.75) is 77.7 Å². The first-order valence-electron chi connectivity index (χ1n) is 8.06. The number of carbonyl (C=O) groups is 1. The number of hydrogen-bond donors (Lipinski definition) is 1. The molecule has 0 aromatic heterocycles. The molecule has 20 heavy (non-hydrogen) atoms. The van der Waals surface area contributed by atoms with Crippen molar-refractivity contribution in [1.29, 1.82) is 0 Å². The van der Waals surface area contributed by atoms with Gasteiger partial charge in [-0.2, -0.15) is 0 Å². The number of thiocarbonyl (C=S) groups is 1. The van der Waals surface area contributed by atoms with Gasteiger partial charge in [0.05, 0.1) is 10.4 Å². The van der Waals surface area contributed by atoms with Gasteiger partial charge in [0.15, 0.2) is 0 Å². The Bertz CT molecular complexity index is 331. The molecule has 116 valence electrons. The minimum absolute atomic E-state index is 0.153. The maximum atomic E-state index is 13.0. The van der Waals surface area contributed by atoms with Crippen LogP contribution in [0.4, 0.5) is 0 Å². The van der Waals surface area contributed by atoms with Gasteiger partial charge in [-0.25, -0.2) is 0 Å². The molecule has 1 aliphatic carbocycles. The first-order valence-corrected chi connectivity index (χ1v) is 8.47. The number of hydrogen-bond acceptors (Lipinski definition) is 2. The molecule has 0 aromatic rings. The Labute approximate surface area is 129 Å². The molecule has 1 amide bonds. The predicted octanol–water partition coefficient (Wildman–Crippen LogP) is 3.65. The number of amides is 1. The van der Waals surface area contributed by atoms with Crippen LogP contribution in [0.2, 0.25) is 0 Å². The second-order valence-electron chi connectivity index (χ2n) is 6.15. The highest BCUT2D eigenvalue weighted by molar-refractivity contribution is 7.80. The van der Waals surface area contributed by atoms with Crippen LogP contribution in [0.25, 0.3) is 0 Å². The minimum atomic E-state index is -0.620. The molecule has 3 nitrogen and oxygen atoms in total. The van der Waals surface area contributed by atoms with Crippen molar-refractivity contribution < 1.29 is 4.79 Å². The lowest BCUT2D eigenvalue weighted by atomic mass is 9.77. The fraction of sp³-hybridized carbons (Fsp3) is 0.875. The summed E-state index contributed by atoms with van der Waals surface area (Å²) in [5, 5.41) is 0. The van der Waals surface area contributed by atoms with Gasteiger partial charge in [0.1, 0.15) is 0 Å². The monoisotopic (exact) mass is 298 g/mol. The molecule has 1 fully saturated rings. The van der Waals surface area contributed by atoms with E-state index in [0.29, 0.717) is 11.0 Å². The zero-order valence-corrected chi connectivity index (χ0v) is 14.1. The van der Waals surface area contributed by atoms with E-state index in [-0.39, 0.29) is 5.91 Å². The van der Waals surface area contributed by atoms with Crippen LogP contribution in [0.3, 0.4) is 0 Å². The molecule has 0 radical (unpaired) electrons. The van der Waals surface area contributed by atoms with Crippen LogP contribution in [0.1, 0.15) is 71.6 Å². The van der Waals surface area contributed by atoms with Gasteiger partial charge < -0.3 is 10.6 Å². The number of carbonyl (C=O) groups excluding carboxylic acids is 1. The topological polar surface area (TPSA) is 46.3 Å². The Morgan fingerprint density at radius 3 is 2.10 bits per heavy atom. The average Bonchev–Trinajstić information content (AvgIpc) is 2.46. The van der Waals surface area contributed by atoms with E-state index in [2.05, 4.69) is 13.8 Å². The van der Waals surface area contributed by atoms with E-state index < -0.39 is 5.41 Å². The van der Waals surface area contributed by atoms with Crippen molar-refractivity contribution in [2.75, 3.05) is 7.05 Å². The molecule has 1 saturated carbocycles. The highest BCUT2D eigenvalue weighted by atomic mass is 32.1. The fourth-order valence-electron chi connectivity index (χ4n) is 3.52. The Kier molecular flexibility index (Phi) is 6.93. The third-order valence-corrected chi connectivity index (χ3v) is 5.07. The van der Waals surface area contributed by atoms with Crippen LogP contribution in [-0.2, 0) is 4.79 Å². The van der Waals surface area contributed by atoms with Crippen LogP contribution < -0.4 is 5.73 Å². The Morgan fingerprint density at radius 1 is 1.20 bits per heavy atom. The summed E-state index contributed by atoms with van der Waals surface area (Å²) in [5.74, 6) is 0.153. The first-order chi connectivity index (χ1) is 9.49. The van der Waals surface area contributed by atoms with E-state index in [4.69, 9.17) is 18.0 Å². The molecule has 0 saturated heterocycles. The van der Waals surface area contributed by atoms with Gasteiger partial charge in [-0.05, 0) is 25.7 Å². The zero-order chi connectivity index (χ0) is 15.2. The van der Waals surface area contributed by atoms with E-state index >= 15 is 0 Å². The minimum Gasteiger partial charge on any atom is -0.392 e. The third-order valence-electron chi connectivity index (χ3n) is 4.68. The summed E-state index contributed by atoms with van der Waals surface area (Å²) in [5.41, 5.74) is 5.38. The van der Waals surface area contributed by atoms with Crippen LogP contribution in [0.5, 0.6) is 0 Å². The Hall–Kier alpha value is -0.640. The summed E-state index contributed by atoms with van der Waals surface area (Å²) in [6, 6.07) is 0.374. The number of nitrogens with zero attached hydrogens (tertiary/aromatic N) is 1. The predicted molar refractivity (Wildman–Crippen MR) is 88.7 cm³/mol. The van der Waals surface area contributed by atoms with Crippen LogP contribution >= 0.6 is 12.2 Å². The van der Waals surface area contributed by atoms with Gasteiger partial charge >= 0.3 is 0 Å². The van der Waals surface area contributed by atoms with E-state index in [1.165, 1.54) is 19.3 Å². The summed E-state index contributed by atoms with van der Waals surface area (Å²) >= 11 is 5.29. The van der Waals surface area contributed by atoms with E-state index in [0.717, 1.165) is 38.5 Å². The molecule has 0 bridgehead atoms. The van der Waals surface area contributed by atoms with Crippen molar-refractivity contribution in [3.63, 3.8) is 0 Å². The smallest absolute Gasteiger partial charge is 0.235 e. The highest BCUT2D eigenvalue weighted by Crippen LogP contribution is 2.34. The van der Waals surface area contributed by atoms with Gasteiger partial charge in [-0.1, -0.05) is 58.2 Å². The highest BCUT2D eigenvalue weighted by Gasteiger charge is 2.43. The maximum absolute atomic E-state index is 13.0. The summed E-state index contributed by atoms with van der Waals surface area (Å²) in [6.07, 6.45) is 9.39. The molecule has 2 N–H and O–H groups in total. The van der Waals surface area contributed by atoms with E-state index in [1.807, 2.05) is 11.9 Å². The van der Waals surface area contributed by atoms with Crippen molar-refractivity contribution in [3.05, 3.63) is 0 Å². The lowest BCUT2D eigenvalue weighted by Gasteiger charge is -2.39. The van der Waals surface area contributed by atoms with Crippen molar-refractivity contribution in [2.24, 2.45) is 11.1 Å². The molecule has 1 rings (SSSR count). The van der Waals surface area contributed by atoms with E-state index in [9.17, 15) is 4.79 Å². The van der Waals surface area contributed by atoms with Gasteiger partial charge in [0.2, 0.25) is 5.91 Å². The lowest BCUT2D eigenvalue weighted by molar-refractivity contribution is -0.140. The normalized spacial score (nSPS) is 16.9. The molecule has 0 aliphatic heterocycles. The van der Waals surface area contributed by atoms with Crippen molar-refractivity contribution in [1.82, 2.24) is 4.90 Å². The zero-order valence-electron chi connectivity index (χ0n) is 13.3. The van der Waals surface area contributed by atoms with Gasteiger partial charge in [0.25, 0.3) is 0 Å². The molecule has 0 atom stereocenters. The standard InChI is InChI=1S/C16H30N2OS/c1-4-11-16(12-5-2,14(17)20)15(19)18(3)13-9-7-6-8-10-13/h13H,4-12H2,1-3H3,(H2,17,20). The van der Waals surface area contributed by atoms with Crippen molar-refractivity contribution in [3.8, 4) is 0 Å². The molecule has 0 spiro atoms. The van der Waals surface area contributed by atoms with E-state index in [1.54, 1.807) is 0 Å². The molecule has 0 aromatic carbocycles. The average molecular weight is 298 g/mol. The largest absolute Gasteiger partial charge is 0.392 e. The third kappa shape index (κ3) is 3.72. The lowest BCUT2D eigenvalue weighted by Crippen LogP contribution is -2.52. The summed E-state index contributed by atoms with van der Waals surface area (Å²) < 4.78 is 0. The molecule has 0 heterocycles. The van der Waals surface area contributed by atoms with Crippen molar-refractivity contribution >= 4 is 23.1 Å². The molecular formula is C16H30N2OS. The molecule has 4 heteroatoms. The Morgan fingerprint density at radius 2 is 1.70 bits per heavy atom.